The minimum Gasteiger partial charge on any atom is -0.373 e. The summed E-state index contributed by atoms with van der Waals surface area (Å²) < 4.78 is 39.2. The van der Waals surface area contributed by atoms with E-state index < -0.39 is 40.8 Å². The third kappa shape index (κ3) is 2.51. The molecule has 0 spiro atoms. The van der Waals surface area contributed by atoms with Crippen LogP contribution < -0.4 is 0 Å². The third-order valence-electron chi connectivity index (χ3n) is 4.09. The van der Waals surface area contributed by atoms with Gasteiger partial charge < -0.3 is 5.11 Å². The second-order valence-corrected chi connectivity index (χ2v) is 6.55. The van der Waals surface area contributed by atoms with Gasteiger partial charge in [0.15, 0.2) is 5.78 Å². The number of carbonyl (C=O) groups excluding carboxylic acids is 4. The number of thiophene rings is 1. The lowest BCUT2D eigenvalue weighted by molar-refractivity contribution is -0.177. The first-order valence-electron chi connectivity index (χ1n) is 7.20. The van der Waals surface area contributed by atoms with Gasteiger partial charge in [0.25, 0.3) is 5.78 Å². The summed E-state index contributed by atoms with van der Waals surface area (Å²) in [6.45, 7) is 0. The highest BCUT2D eigenvalue weighted by Crippen LogP contribution is 2.40. The molecule has 1 N–H and O–H groups in total. The fourth-order valence-corrected chi connectivity index (χ4v) is 3.57. The van der Waals surface area contributed by atoms with Crippen LogP contribution in [0.4, 0.5) is 13.2 Å². The maximum Gasteiger partial charge on any atom is 0.450 e. The molecule has 0 aliphatic heterocycles. The number of alkyl halides is 3. The van der Waals surface area contributed by atoms with Crippen molar-refractivity contribution in [2.45, 2.75) is 11.8 Å². The van der Waals surface area contributed by atoms with Crippen molar-refractivity contribution in [3.8, 4) is 0 Å². The van der Waals surface area contributed by atoms with Gasteiger partial charge >= 0.3 is 6.18 Å². The summed E-state index contributed by atoms with van der Waals surface area (Å²) in [6.07, 6.45) is -5.53. The molecule has 1 heterocycles. The summed E-state index contributed by atoms with van der Waals surface area (Å²) in [7, 11) is 0. The zero-order valence-corrected chi connectivity index (χ0v) is 13.6. The average Bonchev–Trinajstić information content (AvgIpc) is 3.19. The van der Waals surface area contributed by atoms with Crippen molar-refractivity contribution in [1.82, 2.24) is 0 Å². The van der Waals surface area contributed by atoms with E-state index in [0.29, 0.717) is 0 Å². The van der Waals surface area contributed by atoms with Crippen LogP contribution in [0.3, 0.4) is 0 Å². The molecule has 26 heavy (non-hydrogen) atoms. The van der Waals surface area contributed by atoms with E-state index in [-0.39, 0.29) is 16.0 Å². The average molecular weight is 382 g/mol. The zero-order chi connectivity index (χ0) is 19.3. The van der Waals surface area contributed by atoms with Crippen LogP contribution in [0.15, 0.2) is 41.8 Å². The second kappa shape index (κ2) is 5.96. The molecule has 5 nitrogen and oxygen atoms in total. The Morgan fingerprint density at radius 2 is 1.54 bits per heavy atom. The van der Waals surface area contributed by atoms with Crippen molar-refractivity contribution in [2.24, 2.45) is 5.92 Å². The predicted octanol–water partition coefficient (Wildman–Crippen LogP) is 2.49. The predicted molar refractivity (Wildman–Crippen MR) is 83.3 cm³/mol. The first kappa shape index (κ1) is 18.2. The maximum atomic E-state index is 13.1. The molecule has 0 saturated heterocycles. The molecular formula is C17H9F3O5S. The van der Waals surface area contributed by atoms with Crippen LogP contribution in [0, 0.1) is 5.92 Å². The van der Waals surface area contributed by atoms with Crippen molar-refractivity contribution < 1.29 is 37.5 Å². The van der Waals surface area contributed by atoms with E-state index in [9.17, 15) is 37.5 Å². The molecule has 1 aliphatic rings. The molecule has 134 valence electrons. The van der Waals surface area contributed by atoms with E-state index in [1.807, 2.05) is 0 Å². The molecule has 2 aromatic rings. The van der Waals surface area contributed by atoms with Gasteiger partial charge in [-0.3, -0.25) is 19.2 Å². The number of Topliss-reactive ketones (excluding diaryl/α,β-unsaturated/α-hetero) is 4. The molecular weight excluding hydrogens is 373 g/mol. The minimum absolute atomic E-state index is 0.280. The summed E-state index contributed by atoms with van der Waals surface area (Å²) >= 11 is 0.728. The Morgan fingerprint density at radius 3 is 1.96 bits per heavy atom. The van der Waals surface area contributed by atoms with E-state index in [1.165, 1.54) is 23.6 Å². The van der Waals surface area contributed by atoms with Gasteiger partial charge in [-0.1, -0.05) is 30.3 Å². The number of fused-ring (bicyclic) bond motifs is 1. The number of benzene rings is 1. The number of hydrogen-bond donors (Lipinski definition) is 1. The molecule has 9 heteroatoms. The van der Waals surface area contributed by atoms with Crippen LogP contribution in [-0.4, -0.2) is 40.0 Å². The van der Waals surface area contributed by atoms with Gasteiger partial charge in [0.05, 0.1) is 4.88 Å². The number of hydrogen-bond acceptors (Lipinski definition) is 6. The first-order chi connectivity index (χ1) is 12.1. The van der Waals surface area contributed by atoms with Gasteiger partial charge in [0, 0.05) is 11.1 Å². The molecule has 0 unspecified atom stereocenters. The van der Waals surface area contributed by atoms with Crippen LogP contribution in [-0.2, 0) is 4.79 Å². The summed E-state index contributed by atoms with van der Waals surface area (Å²) in [5.41, 5.74) is -4.10. The Labute approximate surface area is 148 Å². The highest BCUT2D eigenvalue weighted by Gasteiger charge is 2.65. The monoisotopic (exact) mass is 382 g/mol. The first-order valence-corrected chi connectivity index (χ1v) is 8.08. The molecule has 0 saturated carbocycles. The molecule has 0 fully saturated rings. The van der Waals surface area contributed by atoms with Crippen LogP contribution in [0.2, 0.25) is 0 Å². The Bertz CT molecular complexity index is 895. The fraction of sp³-hybridized carbons (Fsp3) is 0.176. The quantitative estimate of drug-likeness (QED) is 0.648. The lowest BCUT2D eigenvalue weighted by atomic mass is 9.77. The lowest BCUT2D eigenvalue weighted by Crippen LogP contribution is -2.57. The number of ketones is 4. The SMILES string of the molecule is O=C(c1cccs1)[C@H](C(=O)C(F)(F)F)C1(O)C(=O)c2ccccc2C1=O. The Balaban J connectivity index is 2.19. The molecule has 1 aliphatic carbocycles. The number of halogens is 3. The largest absolute Gasteiger partial charge is 0.450 e. The molecule has 1 atom stereocenters. The molecule has 1 aromatic carbocycles. The summed E-state index contributed by atoms with van der Waals surface area (Å²) in [4.78, 5) is 49.3. The number of carbonyl (C=O) groups is 4. The minimum atomic E-state index is -5.53. The highest BCUT2D eigenvalue weighted by molar-refractivity contribution is 7.12. The van der Waals surface area contributed by atoms with E-state index in [0.717, 1.165) is 29.5 Å². The van der Waals surface area contributed by atoms with Gasteiger partial charge in [-0.15, -0.1) is 11.3 Å². The van der Waals surface area contributed by atoms with E-state index in [4.69, 9.17) is 0 Å². The van der Waals surface area contributed by atoms with Crippen LogP contribution in [0.25, 0.3) is 0 Å². The summed E-state index contributed by atoms with van der Waals surface area (Å²) in [5, 5.41) is 12.1. The second-order valence-electron chi connectivity index (χ2n) is 5.61. The van der Waals surface area contributed by atoms with Crippen molar-refractivity contribution in [3.63, 3.8) is 0 Å². The van der Waals surface area contributed by atoms with Gasteiger partial charge in [-0.25, -0.2) is 0 Å². The summed E-state index contributed by atoms with van der Waals surface area (Å²) in [5.74, 6) is -9.78. The van der Waals surface area contributed by atoms with Gasteiger partial charge in [-0.05, 0) is 11.4 Å². The molecule has 0 bridgehead atoms. The van der Waals surface area contributed by atoms with E-state index >= 15 is 0 Å². The number of rotatable bonds is 4. The molecule has 3 rings (SSSR count). The topological polar surface area (TPSA) is 88.5 Å². The van der Waals surface area contributed by atoms with E-state index in [1.54, 1.807) is 0 Å². The smallest absolute Gasteiger partial charge is 0.373 e. The van der Waals surface area contributed by atoms with Crippen molar-refractivity contribution in [1.29, 1.82) is 0 Å². The van der Waals surface area contributed by atoms with Crippen LogP contribution >= 0.6 is 11.3 Å². The third-order valence-corrected chi connectivity index (χ3v) is 4.98. The molecule has 0 radical (unpaired) electrons. The normalized spacial score (nSPS) is 17.1. The van der Waals surface area contributed by atoms with Crippen LogP contribution in [0.5, 0.6) is 0 Å². The van der Waals surface area contributed by atoms with Crippen molar-refractivity contribution in [3.05, 3.63) is 57.8 Å². The molecule has 1 aromatic heterocycles. The zero-order valence-electron chi connectivity index (χ0n) is 12.7. The fourth-order valence-electron chi connectivity index (χ4n) is 2.88. The Kier molecular flexibility index (Phi) is 4.16. The summed E-state index contributed by atoms with van der Waals surface area (Å²) in [6, 6.07) is 7.46. The Morgan fingerprint density at radius 1 is 1.00 bits per heavy atom. The van der Waals surface area contributed by atoms with Gasteiger partial charge in [0.2, 0.25) is 17.2 Å². The maximum absolute atomic E-state index is 13.1. The van der Waals surface area contributed by atoms with Crippen LogP contribution in [0.1, 0.15) is 30.4 Å². The number of aliphatic hydroxyl groups is 1. The van der Waals surface area contributed by atoms with Crippen molar-refractivity contribution in [2.75, 3.05) is 0 Å². The standard InChI is InChI=1S/C17H9F3O5S/c18-17(19,20)15(24)11(12(21)10-6-3-7-26-10)16(25)13(22)8-4-1-2-5-9(8)14(16)23/h1-7,11,25H/t11-/m1/s1. The Hall–Kier alpha value is -2.65. The van der Waals surface area contributed by atoms with Gasteiger partial charge in [-0.2, -0.15) is 13.2 Å². The van der Waals surface area contributed by atoms with Crippen molar-refractivity contribution >= 4 is 34.5 Å². The lowest BCUT2D eigenvalue weighted by Gasteiger charge is -2.27. The van der Waals surface area contributed by atoms with E-state index in [2.05, 4.69) is 0 Å². The molecule has 0 amide bonds. The van der Waals surface area contributed by atoms with Gasteiger partial charge in [0.1, 0.15) is 5.92 Å². The highest BCUT2D eigenvalue weighted by atomic mass is 32.1.